The summed E-state index contributed by atoms with van der Waals surface area (Å²) in [5.41, 5.74) is 0. The van der Waals surface area contributed by atoms with Gasteiger partial charge in [-0.25, -0.2) is 0 Å². The maximum Gasteiger partial charge on any atom is 0.306 e. The summed E-state index contributed by atoms with van der Waals surface area (Å²) in [6.45, 7) is 7.69. The van der Waals surface area contributed by atoms with Crippen molar-refractivity contribution < 1.29 is 23.8 Å². The predicted octanol–water partition coefficient (Wildman–Crippen LogP) is 13.9. The van der Waals surface area contributed by atoms with Crippen LogP contribution in [0.4, 0.5) is 0 Å². The molecule has 0 fully saturated rings. The Morgan fingerprint density at radius 2 is 0.900 bits per heavy atom. The molecule has 0 aromatic rings. The molecule has 1 atom stereocenters. The third-order valence-electron chi connectivity index (χ3n) is 9.19. The van der Waals surface area contributed by atoms with Crippen LogP contribution < -0.4 is 0 Å². The zero-order chi connectivity index (χ0) is 36.4. The molecule has 0 heterocycles. The molecule has 0 spiro atoms. The third-order valence-corrected chi connectivity index (χ3v) is 9.19. The fourth-order valence-corrected chi connectivity index (χ4v) is 5.99. The molecule has 5 heteroatoms. The van der Waals surface area contributed by atoms with Gasteiger partial charge in [0.05, 0.1) is 6.61 Å². The summed E-state index contributed by atoms with van der Waals surface area (Å²) in [6.07, 6.45) is 47.1. The fraction of sp³-hybridized carbons (Fsp3) is 0.822. The van der Waals surface area contributed by atoms with Crippen LogP contribution in [0, 0.1) is 0 Å². The Balaban J connectivity index is 4.22. The average Bonchev–Trinajstić information content (AvgIpc) is 3.11. The van der Waals surface area contributed by atoms with Gasteiger partial charge in [-0.05, 0) is 51.4 Å². The van der Waals surface area contributed by atoms with E-state index in [1.807, 2.05) is 0 Å². The van der Waals surface area contributed by atoms with Crippen molar-refractivity contribution in [3.8, 4) is 0 Å². The smallest absolute Gasteiger partial charge is 0.306 e. The predicted molar refractivity (Wildman–Crippen MR) is 215 cm³/mol. The highest BCUT2D eigenvalue weighted by atomic mass is 16.6. The first-order valence-electron chi connectivity index (χ1n) is 21.5. The number of unbranched alkanes of at least 4 members (excludes halogenated alkanes) is 22. The second kappa shape index (κ2) is 41.5. The molecule has 0 aliphatic carbocycles. The largest absolute Gasteiger partial charge is 0.462 e. The lowest BCUT2D eigenvalue weighted by Crippen LogP contribution is -2.30. The standard InChI is InChI=1S/C45H82O5/c1-4-7-10-13-16-19-21-22-23-24-25-27-29-32-35-38-44(46)49-42-43(41-48-40-37-34-31-28-20-17-14-11-8-5-2)50-45(47)39-36-33-30-26-18-15-12-9-6-3/h7,10,16,19,22-23,43H,4-6,8-9,11-15,17-18,20-21,24-42H2,1-3H3/b10-7-,19-16-,23-22-. The first-order valence-corrected chi connectivity index (χ1v) is 21.5. The van der Waals surface area contributed by atoms with E-state index in [1.165, 1.54) is 116 Å². The van der Waals surface area contributed by atoms with Crippen LogP contribution >= 0.6 is 0 Å². The first-order chi connectivity index (χ1) is 24.6. The highest BCUT2D eigenvalue weighted by molar-refractivity contribution is 5.70. The Morgan fingerprint density at radius 3 is 1.44 bits per heavy atom. The zero-order valence-corrected chi connectivity index (χ0v) is 33.4. The van der Waals surface area contributed by atoms with E-state index in [0.29, 0.717) is 19.4 Å². The van der Waals surface area contributed by atoms with Crippen molar-refractivity contribution in [2.75, 3.05) is 19.8 Å². The molecule has 0 rings (SSSR count). The van der Waals surface area contributed by atoms with Crippen molar-refractivity contribution in [1.82, 2.24) is 0 Å². The van der Waals surface area contributed by atoms with Crippen LogP contribution in [-0.4, -0.2) is 37.9 Å². The molecule has 0 aromatic carbocycles. The maximum atomic E-state index is 12.6. The summed E-state index contributed by atoms with van der Waals surface area (Å²) >= 11 is 0. The summed E-state index contributed by atoms with van der Waals surface area (Å²) in [7, 11) is 0. The van der Waals surface area contributed by atoms with Crippen LogP contribution in [0.5, 0.6) is 0 Å². The summed E-state index contributed by atoms with van der Waals surface area (Å²) in [5.74, 6) is -0.413. The lowest BCUT2D eigenvalue weighted by molar-refractivity contribution is -0.163. The third kappa shape index (κ3) is 38.9. The Hall–Kier alpha value is -1.88. The van der Waals surface area contributed by atoms with E-state index in [9.17, 15) is 9.59 Å². The molecule has 0 radical (unpaired) electrons. The van der Waals surface area contributed by atoms with Gasteiger partial charge in [-0.15, -0.1) is 0 Å². The van der Waals surface area contributed by atoms with Crippen LogP contribution in [0.3, 0.4) is 0 Å². The second-order valence-electron chi connectivity index (χ2n) is 14.2. The molecule has 0 saturated heterocycles. The number of carbonyl (C=O) groups excluding carboxylic acids is 2. The van der Waals surface area contributed by atoms with E-state index < -0.39 is 6.10 Å². The van der Waals surface area contributed by atoms with Gasteiger partial charge in [-0.3, -0.25) is 9.59 Å². The molecule has 1 unspecified atom stereocenters. The molecular weight excluding hydrogens is 620 g/mol. The SMILES string of the molecule is CC/C=C\C/C=C\C/C=C\CCCCCCCC(=O)OCC(COCCCCCCCCCCCC)OC(=O)CCCCCCCCCCC. The van der Waals surface area contributed by atoms with Crippen LogP contribution in [0.1, 0.15) is 213 Å². The Bertz CT molecular complexity index is 801. The van der Waals surface area contributed by atoms with Crippen LogP contribution in [0.15, 0.2) is 36.5 Å². The number of esters is 2. The highest BCUT2D eigenvalue weighted by Gasteiger charge is 2.17. The van der Waals surface area contributed by atoms with Gasteiger partial charge in [0.2, 0.25) is 0 Å². The lowest BCUT2D eigenvalue weighted by atomic mass is 10.1. The molecule has 0 bridgehead atoms. The molecule has 0 saturated carbocycles. The number of rotatable bonds is 39. The zero-order valence-electron chi connectivity index (χ0n) is 33.4. The van der Waals surface area contributed by atoms with Crippen molar-refractivity contribution in [2.24, 2.45) is 0 Å². The quantitative estimate of drug-likeness (QED) is 0.0362. The molecule has 292 valence electrons. The van der Waals surface area contributed by atoms with E-state index in [4.69, 9.17) is 14.2 Å². The minimum atomic E-state index is -0.533. The van der Waals surface area contributed by atoms with Gasteiger partial charge in [-0.2, -0.15) is 0 Å². The molecule has 0 aromatic heterocycles. The van der Waals surface area contributed by atoms with Crippen molar-refractivity contribution in [1.29, 1.82) is 0 Å². The van der Waals surface area contributed by atoms with Gasteiger partial charge < -0.3 is 14.2 Å². The summed E-state index contributed by atoms with van der Waals surface area (Å²) in [4.78, 5) is 25.1. The Kier molecular flexibility index (Phi) is 40.0. The van der Waals surface area contributed by atoms with Gasteiger partial charge >= 0.3 is 11.9 Å². The summed E-state index contributed by atoms with van der Waals surface area (Å²) < 4.78 is 17.2. The number of hydrogen-bond acceptors (Lipinski definition) is 5. The first kappa shape index (κ1) is 48.1. The van der Waals surface area contributed by atoms with E-state index in [1.54, 1.807) is 0 Å². The highest BCUT2D eigenvalue weighted by Crippen LogP contribution is 2.13. The molecule has 0 amide bonds. The van der Waals surface area contributed by atoms with Gasteiger partial charge in [0.15, 0.2) is 6.10 Å². The number of allylic oxidation sites excluding steroid dienone is 6. The monoisotopic (exact) mass is 703 g/mol. The van der Waals surface area contributed by atoms with Crippen LogP contribution in [0.2, 0.25) is 0 Å². The minimum Gasteiger partial charge on any atom is -0.462 e. The fourth-order valence-electron chi connectivity index (χ4n) is 5.99. The maximum absolute atomic E-state index is 12.6. The van der Waals surface area contributed by atoms with Gasteiger partial charge in [0.1, 0.15) is 6.61 Å². The van der Waals surface area contributed by atoms with Crippen molar-refractivity contribution in [3.63, 3.8) is 0 Å². The van der Waals surface area contributed by atoms with Gasteiger partial charge in [0.25, 0.3) is 0 Å². The number of ether oxygens (including phenoxy) is 3. The minimum absolute atomic E-state index is 0.0807. The Morgan fingerprint density at radius 1 is 0.460 bits per heavy atom. The van der Waals surface area contributed by atoms with Gasteiger partial charge in [0, 0.05) is 19.4 Å². The molecule has 0 aliphatic heterocycles. The molecule has 5 nitrogen and oxygen atoms in total. The van der Waals surface area contributed by atoms with Crippen molar-refractivity contribution >= 4 is 11.9 Å². The van der Waals surface area contributed by atoms with E-state index >= 15 is 0 Å². The number of hydrogen-bond donors (Lipinski definition) is 0. The topological polar surface area (TPSA) is 61.8 Å². The van der Waals surface area contributed by atoms with E-state index in [0.717, 1.165) is 64.2 Å². The second-order valence-corrected chi connectivity index (χ2v) is 14.2. The van der Waals surface area contributed by atoms with Gasteiger partial charge in [-0.1, -0.05) is 186 Å². The molecule has 0 N–H and O–H groups in total. The molecule has 0 aliphatic rings. The number of carbonyl (C=O) groups is 2. The summed E-state index contributed by atoms with van der Waals surface area (Å²) in [6, 6.07) is 0. The average molecular weight is 703 g/mol. The van der Waals surface area contributed by atoms with E-state index in [2.05, 4.69) is 57.2 Å². The van der Waals surface area contributed by atoms with E-state index in [-0.39, 0.29) is 25.2 Å². The molecular formula is C45H82O5. The molecule has 50 heavy (non-hydrogen) atoms. The normalized spacial score (nSPS) is 12.5. The van der Waals surface area contributed by atoms with Crippen molar-refractivity contribution in [2.45, 2.75) is 219 Å². The van der Waals surface area contributed by atoms with Crippen LogP contribution in [-0.2, 0) is 23.8 Å². The lowest BCUT2D eigenvalue weighted by Gasteiger charge is -2.18. The summed E-state index contributed by atoms with van der Waals surface area (Å²) in [5, 5.41) is 0. The van der Waals surface area contributed by atoms with Crippen LogP contribution in [0.25, 0.3) is 0 Å². The Labute approximate surface area is 310 Å². The van der Waals surface area contributed by atoms with Crippen molar-refractivity contribution in [3.05, 3.63) is 36.5 Å².